The van der Waals surface area contributed by atoms with Crippen LogP contribution in [0.4, 0.5) is 0 Å². The molecule has 7 heteroatoms. The van der Waals surface area contributed by atoms with E-state index >= 15 is 0 Å². The molecule has 0 heterocycles. The van der Waals surface area contributed by atoms with Gasteiger partial charge in [0.15, 0.2) is 0 Å². The molecule has 0 amide bonds. The highest BCUT2D eigenvalue weighted by atomic mass is 28.4. The van der Waals surface area contributed by atoms with E-state index in [1.807, 2.05) is 0 Å². The van der Waals surface area contributed by atoms with Gasteiger partial charge in [-0.15, -0.1) is 0 Å². The summed E-state index contributed by atoms with van der Waals surface area (Å²) < 4.78 is 16.6. The molecule has 0 aliphatic rings. The number of unbranched alkanes of at least 4 members (excludes halogenated alkanes) is 15. The molecule has 0 rings (SSSR count). The van der Waals surface area contributed by atoms with Crippen molar-refractivity contribution in [3.05, 3.63) is 0 Å². The molecule has 0 unspecified atom stereocenters. The molecule has 0 aliphatic carbocycles. The molecule has 0 aliphatic heterocycles. The second kappa shape index (κ2) is 22.4. The highest BCUT2D eigenvalue weighted by Crippen LogP contribution is 2.20. The SMILES string of the molecule is CCCCCCCCCCCCCCCCCC[N+](CCC[Si](OC)(OC)OC)(OC)OC. The van der Waals surface area contributed by atoms with E-state index in [1.54, 1.807) is 35.5 Å². The maximum atomic E-state index is 5.74. The molecule has 0 saturated carbocycles. The van der Waals surface area contributed by atoms with Gasteiger partial charge in [-0.3, -0.25) is 0 Å². The van der Waals surface area contributed by atoms with Gasteiger partial charge in [0.2, 0.25) is 0 Å². The summed E-state index contributed by atoms with van der Waals surface area (Å²) in [6, 6.07) is 0.752. The molecule has 33 heavy (non-hydrogen) atoms. The lowest BCUT2D eigenvalue weighted by Gasteiger charge is -2.31. The molecular formula is C26H58NO5Si+. The number of rotatable bonds is 26. The summed E-state index contributed by atoms with van der Waals surface area (Å²) in [6.45, 7) is 3.92. The summed E-state index contributed by atoms with van der Waals surface area (Å²) in [5, 5.41) is 0. The maximum Gasteiger partial charge on any atom is 0.500 e. The minimum absolute atomic E-state index is 0.222. The molecule has 0 N–H and O–H groups in total. The first-order chi connectivity index (χ1) is 16.1. The Balaban J connectivity index is 3.74. The maximum absolute atomic E-state index is 5.74. The topological polar surface area (TPSA) is 46.2 Å². The van der Waals surface area contributed by atoms with Gasteiger partial charge in [0.05, 0.1) is 14.2 Å². The standard InChI is InChI=1S/C26H58NO5Si/c1-7-8-9-10-11-12-13-14-15-16-17-18-19-20-21-22-24-27(28-2,29-3)25-23-26-33(30-4,31-5)32-6/h7-26H2,1-6H3/q+1. The molecule has 200 valence electrons. The number of hydrogen-bond donors (Lipinski definition) is 0. The Kier molecular flexibility index (Phi) is 22.4. The predicted molar refractivity (Wildman–Crippen MR) is 140 cm³/mol. The first-order valence-corrected chi connectivity index (χ1v) is 15.6. The van der Waals surface area contributed by atoms with Crippen molar-refractivity contribution in [2.75, 3.05) is 48.6 Å². The van der Waals surface area contributed by atoms with E-state index in [-0.39, 0.29) is 4.81 Å². The fraction of sp³-hybridized carbons (Fsp3) is 1.00. The van der Waals surface area contributed by atoms with Crippen LogP contribution in [-0.2, 0) is 23.0 Å². The van der Waals surface area contributed by atoms with E-state index in [9.17, 15) is 0 Å². The van der Waals surface area contributed by atoms with Gasteiger partial charge < -0.3 is 13.3 Å². The Morgan fingerprint density at radius 2 is 0.788 bits per heavy atom. The van der Waals surface area contributed by atoms with E-state index in [0.29, 0.717) is 0 Å². The first kappa shape index (κ1) is 33.0. The molecule has 0 aromatic rings. The molecule has 0 saturated heterocycles. The van der Waals surface area contributed by atoms with Crippen LogP contribution in [0.5, 0.6) is 0 Å². The summed E-state index contributed by atoms with van der Waals surface area (Å²) >= 11 is 0. The van der Waals surface area contributed by atoms with Crippen molar-refractivity contribution >= 4 is 8.80 Å². The number of hydroxylamine groups is 4. The highest BCUT2D eigenvalue weighted by Gasteiger charge is 2.39. The molecular weight excluding hydrogens is 434 g/mol. The second-order valence-electron chi connectivity index (χ2n) is 9.33. The van der Waals surface area contributed by atoms with Gasteiger partial charge in [0.25, 0.3) is 0 Å². The Morgan fingerprint density at radius 3 is 1.12 bits per heavy atom. The Hall–Kier alpha value is -0.0231. The molecule has 0 bridgehead atoms. The molecule has 0 aromatic heterocycles. The average Bonchev–Trinajstić information content (AvgIpc) is 2.85. The van der Waals surface area contributed by atoms with Crippen molar-refractivity contribution in [2.24, 2.45) is 0 Å². The lowest BCUT2D eigenvalue weighted by atomic mass is 10.0. The molecule has 6 nitrogen and oxygen atoms in total. The van der Waals surface area contributed by atoms with E-state index in [2.05, 4.69) is 6.92 Å². The van der Waals surface area contributed by atoms with E-state index < -0.39 is 8.80 Å². The van der Waals surface area contributed by atoms with Crippen molar-refractivity contribution < 1.29 is 27.8 Å². The predicted octanol–water partition coefficient (Wildman–Crippen LogP) is 7.46. The second-order valence-corrected chi connectivity index (χ2v) is 12.4. The highest BCUT2D eigenvalue weighted by molar-refractivity contribution is 6.60. The Labute approximate surface area is 207 Å². The third-order valence-corrected chi connectivity index (χ3v) is 9.76. The van der Waals surface area contributed by atoms with Gasteiger partial charge in [-0.05, 0) is 11.2 Å². The van der Waals surface area contributed by atoms with Crippen LogP contribution >= 0.6 is 0 Å². The smallest absolute Gasteiger partial charge is 0.377 e. The minimum Gasteiger partial charge on any atom is -0.377 e. The molecule has 0 aromatic carbocycles. The van der Waals surface area contributed by atoms with Gasteiger partial charge in [-0.2, -0.15) is 9.68 Å². The minimum atomic E-state index is -2.54. The summed E-state index contributed by atoms with van der Waals surface area (Å²) in [5.41, 5.74) is 0. The molecule has 0 radical (unpaired) electrons. The van der Waals surface area contributed by atoms with Crippen LogP contribution in [0.15, 0.2) is 0 Å². The largest absolute Gasteiger partial charge is 0.500 e. The van der Waals surface area contributed by atoms with Crippen LogP contribution in [0.1, 0.15) is 116 Å². The number of nitrogens with zero attached hydrogens (tertiary/aromatic N) is 1. The molecule has 0 fully saturated rings. The van der Waals surface area contributed by atoms with Crippen molar-refractivity contribution in [3.8, 4) is 0 Å². The normalized spacial score (nSPS) is 12.5. The zero-order valence-electron chi connectivity index (χ0n) is 23.1. The van der Waals surface area contributed by atoms with E-state index in [1.165, 1.54) is 96.3 Å². The zero-order chi connectivity index (χ0) is 24.7. The van der Waals surface area contributed by atoms with Crippen molar-refractivity contribution in [1.82, 2.24) is 0 Å². The van der Waals surface area contributed by atoms with Crippen molar-refractivity contribution in [2.45, 2.75) is 122 Å². The quantitative estimate of drug-likeness (QED) is 0.0543. The van der Waals surface area contributed by atoms with E-state index in [0.717, 1.165) is 32.0 Å². The van der Waals surface area contributed by atoms with E-state index in [4.69, 9.17) is 23.0 Å². The summed E-state index contributed by atoms with van der Waals surface area (Å²) in [6.07, 6.45) is 22.9. The fourth-order valence-corrected chi connectivity index (χ4v) is 6.25. The van der Waals surface area contributed by atoms with Crippen LogP contribution in [0.3, 0.4) is 0 Å². The lowest BCUT2D eigenvalue weighted by Crippen LogP contribution is -2.49. The van der Waals surface area contributed by atoms with Crippen LogP contribution in [0.25, 0.3) is 0 Å². The fourth-order valence-electron chi connectivity index (χ4n) is 4.54. The zero-order valence-corrected chi connectivity index (χ0v) is 24.1. The first-order valence-electron chi connectivity index (χ1n) is 13.7. The van der Waals surface area contributed by atoms with Gasteiger partial charge in [-0.1, -0.05) is 96.8 Å². The molecule has 0 spiro atoms. The number of hydrogen-bond acceptors (Lipinski definition) is 5. The lowest BCUT2D eigenvalue weighted by molar-refractivity contribution is -1.24. The summed E-state index contributed by atoms with van der Waals surface area (Å²) in [5.74, 6) is 0. The third kappa shape index (κ3) is 16.3. The Morgan fingerprint density at radius 1 is 0.455 bits per heavy atom. The van der Waals surface area contributed by atoms with Gasteiger partial charge in [0.1, 0.15) is 13.1 Å². The van der Waals surface area contributed by atoms with Crippen LogP contribution in [0, 0.1) is 0 Å². The number of quaternary nitrogens is 1. The summed E-state index contributed by atoms with van der Waals surface area (Å²) in [4.78, 5) is 11.7. The van der Waals surface area contributed by atoms with Gasteiger partial charge in [0, 0.05) is 40.2 Å². The van der Waals surface area contributed by atoms with Crippen molar-refractivity contribution in [3.63, 3.8) is 0 Å². The third-order valence-electron chi connectivity index (χ3n) is 6.93. The van der Waals surface area contributed by atoms with Crippen LogP contribution in [-0.4, -0.2) is 62.3 Å². The summed E-state index contributed by atoms with van der Waals surface area (Å²) in [7, 11) is 5.88. The monoisotopic (exact) mass is 492 g/mol. The van der Waals surface area contributed by atoms with Crippen LogP contribution < -0.4 is 0 Å². The molecule has 0 atom stereocenters. The van der Waals surface area contributed by atoms with Gasteiger partial charge in [-0.25, -0.2) is 0 Å². The van der Waals surface area contributed by atoms with Gasteiger partial charge >= 0.3 is 8.80 Å². The van der Waals surface area contributed by atoms with Crippen molar-refractivity contribution in [1.29, 1.82) is 0 Å². The van der Waals surface area contributed by atoms with Crippen LogP contribution in [0.2, 0.25) is 6.04 Å². The average molecular weight is 493 g/mol. The Bertz CT molecular complexity index is 398.